The van der Waals surface area contributed by atoms with Crippen molar-refractivity contribution in [2.45, 2.75) is 26.8 Å². The van der Waals surface area contributed by atoms with Gasteiger partial charge in [0.2, 0.25) is 0 Å². The Kier molecular flexibility index (Phi) is 7.48. The topological polar surface area (TPSA) is 85.6 Å². The summed E-state index contributed by atoms with van der Waals surface area (Å²) in [5.74, 6) is 3.02. The number of guanidine groups is 1. The maximum atomic E-state index is 5.36. The van der Waals surface area contributed by atoms with Gasteiger partial charge in [-0.25, -0.2) is 9.67 Å². The van der Waals surface area contributed by atoms with Crippen LogP contribution in [0.5, 0.6) is 11.5 Å². The van der Waals surface area contributed by atoms with E-state index in [1.165, 1.54) is 0 Å². The van der Waals surface area contributed by atoms with E-state index in [2.05, 4.69) is 25.7 Å². The third-order valence-electron chi connectivity index (χ3n) is 4.87. The summed E-state index contributed by atoms with van der Waals surface area (Å²) >= 11 is 0. The van der Waals surface area contributed by atoms with Crippen LogP contribution in [0.1, 0.15) is 22.5 Å². The Morgan fingerprint density at radius 1 is 1.00 bits per heavy atom. The van der Waals surface area contributed by atoms with Crippen molar-refractivity contribution < 1.29 is 9.47 Å². The van der Waals surface area contributed by atoms with Gasteiger partial charge >= 0.3 is 0 Å². The van der Waals surface area contributed by atoms with Gasteiger partial charge < -0.3 is 20.1 Å². The highest BCUT2D eigenvalue weighted by molar-refractivity contribution is 5.79. The summed E-state index contributed by atoms with van der Waals surface area (Å²) in [5.41, 5.74) is 4.26. The van der Waals surface area contributed by atoms with E-state index in [0.717, 1.165) is 58.8 Å². The monoisotopic (exact) mass is 422 g/mol. The van der Waals surface area contributed by atoms with E-state index in [-0.39, 0.29) is 0 Å². The number of hydrogen-bond donors (Lipinski definition) is 2. The fourth-order valence-electron chi connectivity index (χ4n) is 3.28. The summed E-state index contributed by atoms with van der Waals surface area (Å²) in [6.07, 6.45) is 2.69. The minimum absolute atomic E-state index is 0.625. The quantitative estimate of drug-likeness (QED) is 0.429. The number of ether oxygens (including phenoxy) is 2. The molecule has 0 bridgehead atoms. The number of nitrogens with one attached hydrogen (secondary N) is 2. The zero-order valence-corrected chi connectivity index (χ0v) is 18.8. The number of aliphatic imine (C=N–C) groups is 1. The third-order valence-corrected chi connectivity index (χ3v) is 4.87. The van der Waals surface area contributed by atoms with Crippen LogP contribution < -0.4 is 20.1 Å². The summed E-state index contributed by atoms with van der Waals surface area (Å²) < 4.78 is 12.5. The standard InChI is InChI=1S/C23H30N6O2/c1-16-12-17(2)29(28-16)22-9-7-19(14-26-22)15-27-23(24-3)25-11-10-18-6-8-20(30-4)21(13-18)31-5/h6-9,12-14H,10-11,15H2,1-5H3,(H2,24,25,27). The SMILES string of the molecule is CN=C(NCCc1ccc(OC)c(OC)c1)NCc1ccc(-n2nc(C)cc2C)nc1. The second-order valence-electron chi connectivity index (χ2n) is 7.16. The molecule has 164 valence electrons. The molecule has 0 radical (unpaired) electrons. The molecule has 0 aliphatic rings. The first kappa shape index (κ1) is 22.1. The van der Waals surface area contributed by atoms with E-state index in [1.54, 1.807) is 21.3 Å². The molecular weight excluding hydrogens is 392 g/mol. The van der Waals surface area contributed by atoms with Crippen LogP contribution in [0.15, 0.2) is 47.6 Å². The van der Waals surface area contributed by atoms with Crippen molar-refractivity contribution in [2.75, 3.05) is 27.8 Å². The molecule has 3 aromatic rings. The summed E-state index contributed by atoms with van der Waals surface area (Å²) in [6, 6.07) is 12.0. The Morgan fingerprint density at radius 3 is 2.39 bits per heavy atom. The van der Waals surface area contributed by atoms with Crippen molar-refractivity contribution in [3.05, 3.63) is 65.1 Å². The second-order valence-corrected chi connectivity index (χ2v) is 7.16. The molecule has 0 saturated heterocycles. The second kappa shape index (κ2) is 10.5. The van der Waals surface area contributed by atoms with Gasteiger partial charge in [0.15, 0.2) is 23.3 Å². The van der Waals surface area contributed by atoms with Crippen LogP contribution in [0.25, 0.3) is 5.82 Å². The average Bonchev–Trinajstić information content (AvgIpc) is 3.14. The molecule has 0 unspecified atom stereocenters. The molecular formula is C23H30N6O2. The van der Waals surface area contributed by atoms with Gasteiger partial charge in [-0.15, -0.1) is 0 Å². The average molecular weight is 423 g/mol. The Morgan fingerprint density at radius 2 is 1.77 bits per heavy atom. The maximum Gasteiger partial charge on any atom is 0.191 e. The number of methoxy groups -OCH3 is 2. The van der Waals surface area contributed by atoms with Gasteiger partial charge in [-0.2, -0.15) is 5.10 Å². The van der Waals surface area contributed by atoms with Gasteiger partial charge in [-0.3, -0.25) is 4.99 Å². The molecule has 0 saturated carbocycles. The Balaban J connectivity index is 1.50. The predicted octanol–water partition coefficient (Wildman–Crippen LogP) is 2.81. The van der Waals surface area contributed by atoms with Gasteiger partial charge in [0.05, 0.1) is 19.9 Å². The molecule has 0 spiro atoms. The van der Waals surface area contributed by atoms with E-state index in [4.69, 9.17) is 9.47 Å². The lowest BCUT2D eigenvalue weighted by atomic mass is 10.1. The van der Waals surface area contributed by atoms with Crippen LogP contribution >= 0.6 is 0 Å². The number of hydrogen-bond acceptors (Lipinski definition) is 5. The van der Waals surface area contributed by atoms with Gasteiger partial charge in [-0.1, -0.05) is 12.1 Å². The molecule has 8 nitrogen and oxygen atoms in total. The van der Waals surface area contributed by atoms with E-state index < -0.39 is 0 Å². The molecule has 3 rings (SSSR count). The van der Waals surface area contributed by atoms with E-state index in [9.17, 15) is 0 Å². The molecule has 2 heterocycles. The highest BCUT2D eigenvalue weighted by Gasteiger charge is 2.07. The number of nitrogens with zero attached hydrogens (tertiary/aromatic N) is 4. The minimum Gasteiger partial charge on any atom is -0.493 e. The first-order valence-electron chi connectivity index (χ1n) is 10.2. The number of rotatable bonds is 8. The number of aromatic nitrogens is 3. The normalized spacial score (nSPS) is 11.3. The Hall–Kier alpha value is -3.55. The fourth-order valence-corrected chi connectivity index (χ4v) is 3.28. The molecule has 0 fully saturated rings. The van der Waals surface area contributed by atoms with E-state index in [0.29, 0.717) is 6.54 Å². The van der Waals surface area contributed by atoms with Gasteiger partial charge in [-0.05, 0) is 55.7 Å². The third kappa shape index (κ3) is 5.75. The van der Waals surface area contributed by atoms with E-state index >= 15 is 0 Å². The Bertz CT molecular complexity index is 1030. The number of aryl methyl sites for hydroxylation is 2. The molecule has 2 aromatic heterocycles. The van der Waals surface area contributed by atoms with Crippen LogP contribution in [0.4, 0.5) is 0 Å². The lowest BCUT2D eigenvalue weighted by molar-refractivity contribution is 0.354. The maximum absolute atomic E-state index is 5.36. The first-order valence-corrected chi connectivity index (χ1v) is 10.2. The molecule has 8 heteroatoms. The van der Waals surface area contributed by atoms with Crippen LogP contribution in [0.3, 0.4) is 0 Å². The summed E-state index contributed by atoms with van der Waals surface area (Å²) in [4.78, 5) is 8.83. The van der Waals surface area contributed by atoms with Crippen LogP contribution in [0, 0.1) is 13.8 Å². The first-order chi connectivity index (χ1) is 15.0. The molecule has 0 aliphatic carbocycles. The molecule has 0 aliphatic heterocycles. The van der Waals surface area contributed by atoms with Gasteiger partial charge in [0.1, 0.15) is 0 Å². The summed E-state index contributed by atoms with van der Waals surface area (Å²) in [7, 11) is 5.04. The van der Waals surface area contributed by atoms with Gasteiger partial charge in [0, 0.05) is 32.0 Å². The van der Waals surface area contributed by atoms with Crippen LogP contribution in [0.2, 0.25) is 0 Å². The number of pyridine rings is 1. The zero-order chi connectivity index (χ0) is 22.2. The highest BCUT2D eigenvalue weighted by atomic mass is 16.5. The minimum atomic E-state index is 0.625. The van der Waals surface area contributed by atoms with Crippen LogP contribution in [-0.2, 0) is 13.0 Å². The molecule has 31 heavy (non-hydrogen) atoms. The zero-order valence-electron chi connectivity index (χ0n) is 18.8. The largest absolute Gasteiger partial charge is 0.493 e. The smallest absolute Gasteiger partial charge is 0.191 e. The lowest BCUT2D eigenvalue weighted by Crippen LogP contribution is -2.37. The molecule has 1 aromatic carbocycles. The van der Waals surface area contributed by atoms with Crippen molar-refractivity contribution in [1.29, 1.82) is 0 Å². The summed E-state index contributed by atoms with van der Waals surface area (Å²) in [6.45, 7) is 5.37. The summed E-state index contributed by atoms with van der Waals surface area (Å²) in [5, 5.41) is 11.1. The van der Waals surface area contributed by atoms with Gasteiger partial charge in [0.25, 0.3) is 0 Å². The molecule has 0 amide bonds. The van der Waals surface area contributed by atoms with Crippen molar-refractivity contribution in [2.24, 2.45) is 4.99 Å². The highest BCUT2D eigenvalue weighted by Crippen LogP contribution is 2.27. The van der Waals surface area contributed by atoms with E-state index in [1.807, 2.05) is 61.1 Å². The van der Waals surface area contributed by atoms with Crippen LogP contribution in [-0.4, -0.2) is 48.5 Å². The Labute approximate surface area is 183 Å². The molecule has 0 atom stereocenters. The van der Waals surface area contributed by atoms with Crippen molar-refractivity contribution >= 4 is 5.96 Å². The van der Waals surface area contributed by atoms with Crippen molar-refractivity contribution in [3.63, 3.8) is 0 Å². The number of benzene rings is 1. The predicted molar refractivity (Wildman–Crippen MR) is 122 cm³/mol. The van der Waals surface area contributed by atoms with Crippen molar-refractivity contribution in [1.82, 2.24) is 25.4 Å². The molecule has 2 N–H and O–H groups in total. The fraction of sp³-hybridized carbons (Fsp3) is 0.348. The lowest BCUT2D eigenvalue weighted by Gasteiger charge is -2.13. The van der Waals surface area contributed by atoms with Crippen molar-refractivity contribution in [3.8, 4) is 17.3 Å².